The minimum Gasteiger partial charge on any atom is -0.380 e. The molecule has 90 valence electrons. The highest BCUT2D eigenvalue weighted by Crippen LogP contribution is 2.17. The molecule has 0 saturated carbocycles. The van der Waals surface area contributed by atoms with Gasteiger partial charge >= 0.3 is 0 Å². The number of rotatable bonds is 3. The molecule has 0 amide bonds. The van der Waals surface area contributed by atoms with Gasteiger partial charge < -0.3 is 5.32 Å². The van der Waals surface area contributed by atoms with E-state index in [1.54, 1.807) is 24.3 Å². The smallest absolute Gasteiger partial charge is 0.131 e. The largest absolute Gasteiger partial charge is 0.380 e. The van der Waals surface area contributed by atoms with Crippen molar-refractivity contribution in [1.29, 1.82) is 5.26 Å². The van der Waals surface area contributed by atoms with Crippen molar-refractivity contribution in [2.75, 3.05) is 5.32 Å². The van der Waals surface area contributed by atoms with Crippen molar-refractivity contribution in [3.8, 4) is 6.07 Å². The summed E-state index contributed by atoms with van der Waals surface area (Å²) in [7, 11) is 0. The SMILES string of the molecule is N#Cc1ccccc1NCc1c(F)cccc1F. The fourth-order valence-electron chi connectivity index (χ4n) is 1.62. The number of para-hydroxylation sites is 1. The van der Waals surface area contributed by atoms with E-state index < -0.39 is 11.6 Å². The van der Waals surface area contributed by atoms with E-state index in [4.69, 9.17) is 5.26 Å². The minimum absolute atomic E-state index is 0.00278. The molecule has 2 aromatic carbocycles. The first kappa shape index (κ1) is 12.1. The van der Waals surface area contributed by atoms with Crippen molar-refractivity contribution in [1.82, 2.24) is 0 Å². The van der Waals surface area contributed by atoms with Crippen LogP contribution in [0.15, 0.2) is 42.5 Å². The van der Waals surface area contributed by atoms with Gasteiger partial charge in [-0.05, 0) is 24.3 Å². The zero-order valence-electron chi connectivity index (χ0n) is 9.45. The van der Waals surface area contributed by atoms with Gasteiger partial charge in [-0.1, -0.05) is 18.2 Å². The molecule has 18 heavy (non-hydrogen) atoms. The highest BCUT2D eigenvalue weighted by Gasteiger charge is 2.08. The lowest BCUT2D eigenvalue weighted by Crippen LogP contribution is -2.05. The molecule has 0 aliphatic heterocycles. The maximum absolute atomic E-state index is 13.4. The molecule has 0 radical (unpaired) electrons. The predicted octanol–water partition coefficient (Wildman–Crippen LogP) is 3.45. The monoisotopic (exact) mass is 244 g/mol. The maximum Gasteiger partial charge on any atom is 0.131 e. The third kappa shape index (κ3) is 2.46. The molecular weight excluding hydrogens is 234 g/mol. The molecule has 0 aliphatic carbocycles. The van der Waals surface area contributed by atoms with E-state index in [9.17, 15) is 8.78 Å². The number of benzene rings is 2. The van der Waals surface area contributed by atoms with Gasteiger partial charge in [0, 0.05) is 12.1 Å². The molecule has 0 aromatic heterocycles. The van der Waals surface area contributed by atoms with Crippen LogP contribution in [0.25, 0.3) is 0 Å². The summed E-state index contributed by atoms with van der Waals surface area (Å²) in [6.07, 6.45) is 0. The fourth-order valence-corrected chi connectivity index (χ4v) is 1.62. The van der Waals surface area contributed by atoms with E-state index in [2.05, 4.69) is 5.32 Å². The van der Waals surface area contributed by atoms with E-state index in [1.165, 1.54) is 18.2 Å². The summed E-state index contributed by atoms with van der Waals surface area (Å²) >= 11 is 0. The molecular formula is C14H10F2N2. The number of nitriles is 1. The van der Waals surface area contributed by atoms with Crippen LogP contribution in [0, 0.1) is 23.0 Å². The summed E-state index contributed by atoms with van der Waals surface area (Å²) in [6, 6.07) is 12.5. The highest BCUT2D eigenvalue weighted by molar-refractivity contribution is 5.57. The van der Waals surface area contributed by atoms with Crippen LogP contribution in [0.5, 0.6) is 0 Å². The molecule has 0 heterocycles. The van der Waals surface area contributed by atoms with Crippen LogP contribution in [0.2, 0.25) is 0 Å². The number of halogens is 2. The quantitative estimate of drug-likeness (QED) is 0.897. The van der Waals surface area contributed by atoms with Gasteiger partial charge in [-0.3, -0.25) is 0 Å². The Kier molecular flexibility index (Phi) is 3.54. The van der Waals surface area contributed by atoms with Crippen LogP contribution in [-0.2, 0) is 6.54 Å². The van der Waals surface area contributed by atoms with Gasteiger partial charge in [0.1, 0.15) is 17.7 Å². The molecule has 0 spiro atoms. The summed E-state index contributed by atoms with van der Waals surface area (Å²) in [6.45, 7) is -0.00278. The molecule has 0 aliphatic rings. The van der Waals surface area contributed by atoms with E-state index >= 15 is 0 Å². The normalized spacial score (nSPS) is 9.83. The van der Waals surface area contributed by atoms with Crippen LogP contribution in [0.3, 0.4) is 0 Å². The molecule has 2 aromatic rings. The summed E-state index contributed by atoms with van der Waals surface area (Å²) in [5.74, 6) is -1.20. The molecule has 0 saturated heterocycles. The van der Waals surface area contributed by atoms with Gasteiger partial charge in [-0.15, -0.1) is 0 Å². The molecule has 0 unspecified atom stereocenters. The van der Waals surface area contributed by atoms with Gasteiger partial charge in [0.25, 0.3) is 0 Å². The molecule has 4 heteroatoms. The van der Waals surface area contributed by atoms with Crippen molar-refractivity contribution >= 4 is 5.69 Å². The van der Waals surface area contributed by atoms with Crippen LogP contribution in [0.1, 0.15) is 11.1 Å². The molecule has 0 fully saturated rings. The lowest BCUT2D eigenvalue weighted by molar-refractivity contribution is 0.560. The van der Waals surface area contributed by atoms with Crippen molar-refractivity contribution in [3.05, 3.63) is 65.2 Å². The summed E-state index contributed by atoms with van der Waals surface area (Å²) in [5, 5.41) is 11.7. The van der Waals surface area contributed by atoms with Crippen molar-refractivity contribution in [2.24, 2.45) is 0 Å². The van der Waals surface area contributed by atoms with Crippen LogP contribution >= 0.6 is 0 Å². The molecule has 2 nitrogen and oxygen atoms in total. The van der Waals surface area contributed by atoms with E-state index in [0.29, 0.717) is 11.3 Å². The van der Waals surface area contributed by atoms with Crippen molar-refractivity contribution < 1.29 is 8.78 Å². The number of hydrogen-bond donors (Lipinski definition) is 1. The second-order valence-corrected chi connectivity index (χ2v) is 3.71. The van der Waals surface area contributed by atoms with Crippen LogP contribution < -0.4 is 5.32 Å². The number of nitrogens with one attached hydrogen (secondary N) is 1. The standard InChI is InChI=1S/C14H10F2N2/c15-12-5-3-6-13(16)11(12)9-18-14-7-2-1-4-10(14)8-17/h1-7,18H,9H2. The van der Waals surface area contributed by atoms with E-state index in [0.717, 1.165) is 0 Å². The first-order valence-electron chi connectivity index (χ1n) is 5.38. The average Bonchev–Trinajstić information content (AvgIpc) is 2.38. The number of hydrogen-bond acceptors (Lipinski definition) is 2. The van der Waals surface area contributed by atoms with Gasteiger partial charge in [0.2, 0.25) is 0 Å². The summed E-state index contributed by atoms with van der Waals surface area (Å²) in [4.78, 5) is 0. The highest BCUT2D eigenvalue weighted by atomic mass is 19.1. The van der Waals surface area contributed by atoms with Gasteiger partial charge in [-0.25, -0.2) is 8.78 Å². The average molecular weight is 244 g/mol. The molecule has 2 rings (SSSR count). The van der Waals surface area contributed by atoms with Crippen molar-refractivity contribution in [2.45, 2.75) is 6.54 Å². The van der Waals surface area contributed by atoms with Crippen molar-refractivity contribution in [3.63, 3.8) is 0 Å². The minimum atomic E-state index is -0.600. The Labute approximate surface area is 103 Å². The lowest BCUT2D eigenvalue weighted by Gasteiger charge is -2.09. The Morgan fingerprint density at radius 3 is 2.33 bits per heavy atom. The Bertz CT molecular complexity index is 583. The summed E-state index contributed by atoms with van der Waals surface area (Å²) < 4.78 is 26.8. The van der Waals surface area contributed by atoms with Gasteiger partial charge in [-0.2, -0.15) is 5.26 Å². The lowest BCUT2D eigenvalue weighted by atomic mass is 10.1. The van der Waals surface area contributed by atoms with Crippen LogP contribution in [0.4, 0.5) is 14.5 Å². The Morgan fingerprint density at radius 1 is 1.00 bits per heavy atom. The topological polar surface area (TPSA) is 35.8 Å². The maximum atomic E-state index is 13.4. The molecule has 0 bridgehead atoms. The first-order valence-corrected chi connectivity index (χ1v) is 5.38. The Hall–Kier alpha value is -2.41. The fraction of sp³-hybridized carbons (Fsp3) is 0.0714. The molecule has 0 atom stereocenters. The third-order valence-electron chi connectivity index (χ3n) is 2.56. The first-order chi connectivity index (χ1) is 8.72. The van der Waals surface area contributed by atoms with E-state index in [1.807, 2.05) is 6.07 Å². The predicted molar refractivity (Wildman–Crippen MR) is 64.8 cm³/mol. The zero-order chi connectivity index (χ0) is 13.0. The third-order valence-corrected chi connectivity index (χ3v) is 2.56. The Balaban J connectivity index is 2.20. The summed E-state index contributed by atoms with van der Waals surface area (Å²) in [5.41, 5.74) is 0.960. The Morgan fingerprint density at radius 2 is 1.67 bits per heavy atom. The second-order valence-electron chi connectivity index (χ2n) is 3.71. The second kappa shape index (κ2) is 5.28. The molecule has 1 N–H and O–H groups in total. The number of anilines is 1. The van der Waals surface area contributed by atoms with Gasteiger partial charge in [0.15, 0.2) is 0 Å². The van der Waals surface area contributed by atoms with E-state index in [-0.39, 0.29) is 12.1 Å². The number of nitrogens with zero attached hydrogens (tertiary/aromatic N) is 1. The zero-order valence-corrected chi connectivity index (χ0v) is 9.45. The van der Waals surface area contributed by atoms with Crippen LogP contribution in [-0.4, -0.2) is 0 Å². The van der Waals surface area contributed by atoms with Gasteiger partial charge in [0.05, 0.1) is 11.3 Å².